The molecule has 0 amide bonds. The predicted molar refractivity (Wildman–Crippen MR) is 120 cm³/mol. The molecule has 3 aromatic carbocycles. The van der Waals surface area contributed by atoms with Crippen LogP contribution in [0.3, 0.4) is 0 Å². The molecule has 0 heterocycles. The first-order valence-corrected chi connectivity index (χ1v) is 10.0. The molecule has 0 unspecified atom stereocenters. The van der Waals surface area contributed by atoms with E-state index in [1.165, 1.54) is 0 Å². The molecule has 0 aromatic heterocycles. The summed E-state index contributed by atoms with van der Waals surface area (Å²) in [5, 5.41) is 40.9. The highest BCUT2D eigenvalue weighted by molar-refractivity contribution is 5.56. The Morgan fingerprint density at radius 1 is 0.500 bits per heavy atom. The first-order chi connectivity index (χ1) is 13.9. The molecule has 0 aliphatic heterocycles. The van der Waals surface area contributed by atoms with Crippen molar-refractivity contribution in [1.29, 1.82) is 0 Å². The molecular formula is C26H30O4. The zero-order valence-electron chi connectivity index (χ0n) is 18.4. The lowest BCUT2D eigenvalue weighted by atomic mass is 9.73. The predicted octanol–water partition coefficient (Wildman–Crippen LogP) is 5.78. The third-order valence-electron chi connectivity index (χ3n) is 6.48. The van der Waals surface area contributed by atoms with Gasteiger partial charge in [-0.3, -0.25) is 0 Å². The molecule has 0 aliphatic rings. The van der Waals surface area contributed by atoms with Crippen LogP contribution >= 0.6 is 0 Å². The van der Waals surface area contributed by atoms with Crippen LogP contribution in [0.5, 0.6) is 23.0 Å². The maximum atomic E-state index is 10.6. The van der Waals surface area contributed by atoms with E-state index < -0.39 is 10.8 Å². The number of hydrogen-bond acceptors (Lipinski definition) is 4. The average Bonchev–Trinajstić information content (AvgIpc) is 2.70. The Bertz CT molecular complexity index is 1000. The minimum Gasteiger partial charge on any atom is -0.508 e. The summed E-state index contributed by atoms with van der Waals surface area (Å²) in [7, 11) is 0. The topological polar surface area (TPSA) is 80.9 Å². The van der Waals surface area contributed by atoms with Gasteiger partial charge in [0.15, 0.2) is 0 Å². The van der Waals surface area contributed by atoms with Crippen LogP contribution in [0.15, 0.2) is 48.5 Å². The highest BCUT2D eigenvalue weighted by atomic mass is 16.3. The second kappa shape index (κ2) is 7.28. The maximum absolute atomic E-state index is 10.6. The largest absolute Gasteiger partial charge is 0.508 e. The van der Waals surface area contributed by atoms with Gasteiger partial charge in [-0.1, -0.05) is 64.1 Å². The third-order valence-corrected chi connectivity index (χ3v) is 6.48. The minimum absolute atomic E-state index is 0.0770. The van der Waals surface area contributed by atoms with Gasteiger partial charge in [0, 0.05) is 33.1 Å². The van der Waals surface area contributed by atoms with Crippen molar-refractivity contribution in [2.45, 2.75) is 52.4 Å². The smallest absolute Gasteiger partial charge is 0.126 e. The van der Waals surface area contributed by atoms with E-state index >= 15 is 0 Å². The van der Waals surface area contributed by atoms with Crippen LogP contribution in [-0.2, 0) is 10.8 Å². The summed E-state index contributed by atoms with van der Waals surface area (Å²) < 4.78 is 0. The highest BCUT2D eigenvalue weighted by Gasteiger charge is 2.30. The fourth-order valence-corrected chi connectivity index (χ4v) is 4.00. The summed E-state index contributed by atoms with van der Waals surface area (Å²) in [5.41, 5.74) is 3.54. The molecule has 0 spiro atoms. The molecule has 4 heteroatoms. The average molecular weight is 407 g/mol. The Labute approximate surface area is 178 Å². The maximum Gasteiger partial charge on any atom is 0.126 e. The number of aromatic hydroxyl groups is 4. The number of rotatable bonds is 4. The molecule has 0 bridgehead atoms. The van der Waals surface area contributed by atoms with E-state index in [0.29, 0.717) is 11.1 Å². The second-order valence-electron chi connectivity index (χ2n) is 9.04. The molecule has 0 saturated carbocycles. The molecule has 0 fully saturated rings. The first-order valence-electron chi connectivity index (χ1n) is 10.0. The van der Waals surface area contributed by atoms with Gasteiger partial charge in [-0.15, -0.1) is 0 Å². The summed E-state index contributed by atoms with van der Waals surface area (Å²) in [6.07, 6.45) is 0. The molecular weight excluding hydrogens is 376 g/mol. The Hall–Kier alpha value is -3.14. The van der Waals surface area contributed by atoms with Crippen molar-refractivity contribution < 1.29 is 20.4 Å². The molecule has 0 aliphatic carbocycles. The van der Waals surface area contributed by atoms with Crippen molar-refractivity contribution in [2.75, 3.05) is 0 Å². The fraction of sp³-hybridized carbons (Fsp3) is 0.308. The van der Waals surface area contributed by atoms with Gasteiger partial charge in [-0.05, 0) is 37.1 Å². The lowest BCUT2D eigenvalue weighted by Gasteiger charge is -2.31. The number of hydrogen-bond donors (Lipinski definition) is 4. The fourth-order valence-electron chi connectivity index (χ4n) is 4.00. The number of benzene rings is 3. The molecule has 4 N–H and O–H groups in total. The molecule has 158 valence electrons. The van der Waals surface area contributed by atoms with Gasteiger partial charge in [0.2, 0.25) is 0 Å². The van der Waals surface area contributed by atoms with Gasteiger partial charge in [-0.25, -0.2) is 0 Å². The van der Waals surface area contributed by atoms with Crippen LogP contribution in [0, 0.1) is 13.8 Å². The Balaban J connectivity index is 2.02. The molecule has 3 aromatic rings. The minimum atomic E-state index is -0.470. The monoisotopic (exact) mass is 406 g/mol. The standard InChI is InChI=1S/C26H30O4/c1-15-21(27)13-11-19(23(15)29)25(3,4)17-7-9-18(10-8-17)26(5,6)20-12-14-22(28)16(2)24(20)30/h7-14,27-30H,1-6H3. The van der Waals surface area contributed by atoms with E-state index in [1.54, 1.807) is 38.1 Å². The summed E-state index contributed by atoms with van der Waals surface area (Å²) in [4.78, 5) is 0. The Kier molecular flexibility index (Phi) is 5.23. The van der Waals surface area contributed by atoms with Gasteiger partial charge >= 0.3 is 0 Å². The molecule has 0 atom stereocenters. The summed E-state index contributed by atoms with van der Waals surface area (Å²) in [6.45, 7) is 11.5. The molecule has 3 rings (SSSR count). The van der Waals surface area contributed by atoms with Crippen LogP contribution in [0.1, 0.15) is 61.1 Å². The SMILES string of the molecule is Cc1c(O)ccc(C(C)(C)c2ccc(C(C)(C)c3ccc(O)c(C)c3O)cc2)c1O. The molecule has 0 saturated heterocycles. The van der Waals surface area contributed by atoms with E-state index in [1.807, 2.05) is 52.0 Å². The quantitative estimate of drug-likeness (QED) is 0.443. The van der Waals surface area contributed by atoms with Crippen molar-refractivity contribution in [3.05, 3.63) is 81.9 Å². The van der Waals surface area contributed by atoms with Crippen LogP contribution < -0.4 is 0 Å². The van der Waals surface area contributed by atoms with E-state index in [9.17, 15) is 20.4 Å². The van der Waals surface area contributed by atoms with Crippen molar-refractivity contribution in [3.63, 3.8) is 0 Å². The van der Waals surface area contributed by atoms with Gasteiger partial charge < -0.3 is 20.4 Å². The zero-order chi connectivity index (χ0) is 22.4. The summed E-state index contributed by atoms with van der Waals surface area (Å²) >= 11 is 0. The van der Waals surface area contributed by atoms with Gasteiger partial charge in [0.25, 0.3) is 0 Å². The van der Waals surface area contributed by atoms with Crippen molar-refractivity contribution in [3.8, 4) is 23.0 Å². The zero-order valence-corrected chi connectivity index (χ0v) is 18.4. The molecule has 30 heavy (non-hydrogen) atoms. The Morgan fingerprint density at radius 3 is 1.10 bits per heavy atom. The van der Waals surface area contributed by atoms with Crippen LogP contribution in [0.25, 0.3) is 0 Å². The highest BCUT2D eigenvalue weighted by Crippen LogP contribution is 2.43. The van der Waals surface area contributed by atoms with Gasteiger partial charge in [0.05, 0.1) is 0 Å². The number of phenols is 4. The van der Waals surface area contributed by atoms with E-state index in [0.717, 1.165) is 22.3 Å². The molecule has 4 nitrogen and oxygen atoms in total. The number of phenolic OH excluding ortho intramolecular Hbond substituents is 4. The summed E-state index contributed by atoms with van der Waals surface area (Å²) in [5.74, 6) is 0.365. The van der Waals surface area contributed by atoms with E-state index in [4.69, 9.17) is 0 Å². The Morgan fingerprint density at radius 2 is 0.800 bits per heavy atom. The second-order valence-corrected chi connectivity index (χ2v) is 9.04. The van der Waals surface area contributed by atoms with Crippen LogP contribution in [-0.4, -0.2) is 20.4 Å². The summed E-state index contributed by atoms with van der Waals surface area (Å²) in [6, 6.07) is 14.9. The van der Waals surface area contributed by atoms with E-state index in [2.05, 4.69) is 0 Å². The third kappa shape index (κ3) is 3.36. The lowest BCUT2D eigenvalue weighted by Crippen LogP contribution is -2.22. The van der Waals surface area contributed by atoms with Gasteiger partial charge in [-0.2, -0.15) is 0 Å². The van der Waals surface area contributed by atoms with Gasteiger partial charge in [0.1, 0.15) is 23.0 Å². The first kappa shape index (κ1) is 21.6. The van der Waals surface area contributed by atoms with Crippen LogP contribution in [0.2, 0.25) is 0 Å². The lowest BCUT2D eigenvalue weighted by molar-refractivity contribution is 0.427. The normalized spacial score (nSPS) is 12.2. The molecule has 0 radical (unpaired) electrons. The van der Waals surface area contributed by atoms with Crippen molar-refractivity contribution in [2.24, 2.45) is 0 Å². The van der Waals surface area contributed by atoms with Crippen LogP contribution in [0.4, 0.5) is 0 Å². The van der Waals surface area contributed by atoms with E-state index in [-0.39, 0.29) is 23.0 Å². The van der Waals surface area contributed by atoms with Crippen molar-refractivity contribution in [1.82, 2.24) is 0 Å². The van der Waals surface area contributed by atoms with Crippen molar-refractivity contribution >= 4 is 0 Å².